The minimum Gasteiger partial charge on any atom is -0.365 e. The van der Waals surface area contributed by atoms with Gasteiger partial charge in [0, 0.05) is 35.0 Å². The molecular weight excluding hydrogens is 491 g/mol. The average molecular weight is 515 g/mol. The molecule has 0 spiro atoms. The van der Waals surface area contributed by atoms with E-state index < -0.39 is 11.8 Å². The number of carbonyl (C=O) groups excluding carboxylic acids is 3. The predicted molar refractivity (Wildman–Crippen MR) is 137 cm³/mol. The molecule has 1 atom stereocenters. The number of imide groups is 1. The quantitative estimate of drug-likeness (QED) is 0.385. The molecule has 2 N–H and O–H groups in total. The molecule has 6 rings (SSSR count). The van der Waals surface area contributed by atoms with Crippen molar-refractivity contribution in [2.24, 2.45) is 5.73 Å². The van der Waals surface area contributed by atoms with Crippen LogP contribution in [-0.2, 0) is 19.4 Å². The molecule has 0 saturated heterocycles. The van der Waals surface area contributed by atoms with Gasteiger partial charge >= 0.3 is 0 Å². The van der Waals surface area contributed by atoms with Gasteiger partial charge in [0.05, 0.1) is 27.9 Å². The Labute approximate surface area is 216 Å². The number of halogens is 1. The van der Waals surface area contributed by atoms with E-state index in [1.807, 2.05) is 4.68 Å². The summed E-state index contributed by atoms with van der Waals surface area (Å²) in [7, 11) is 0. The summed E-state index contributed by atoms with van der Waals surface area (Å²) < 4.78 is 16.7. The fourth-order valence-corrected chi connectivity index (χ4v) is 6.37. The number of primary amides is 1. The number of hydrogen-bond donors (Lipinski definition) is 1. The molecule has 0 saturated carbocycles. The van der Waals surface area contributed by atoms with E-state index >= 15 is 0 Å². The molecule has 0 unspecified atom stereocenters. The van der Waals surface area contributed by atoms with Crippen LogP contribution in [0.15, 0.2) is 60.8 Å². The summed E-state index contributed by atoms with van der Waals surface area (Å²) >= 11 is 1.38. The maximum absolute atomic E-state index is 14.8. The minimum atomic E-state index is -0.486. The van der Waals surface area contributed by atoms with Gasteiger partial charge in [-0.1, -0.05) is 30.3 Å². The first-order valence-corrected chi connectivity index (χ1v) is 12.9. The second-order valence-corrected chi connectivity index (χ2v) is 10.5. The number of hydrogen-bond acceptors (Lipinski definition) is 5. The van der Waals surface area contributed by atoms with Gasteiger partial charge < -0.3 is 5.73 Å². The third kappa shape index (κ3) is 3.95. The number of carbonyl (C=O) groups is 3. The average Bonchev–Trinajstić information content (AvgIpc) is 3.53. The Morgan fingerprint density at radius 3 is 2.46 bits per heavy atom. The summed E-state index contributed by atoms with van der Waals surface area (Å²) in [6.45, 7) is 0.754. The number of amides is 3. The van der Waals surface area contributed by atoms with Crippen molar-refractivity contribution in [1.29, 1.82) is 0 Å². The Morgan fingerprint density at radius 2 is 1.76 bits per heavy atom. The van der Waals surface area contributed by atoms with Gasteiger partial charge in [-0.3, -0.25) is 24.0 Å². The van der Waals surface area contributed by atoms with Crippen LogP contribution in [0.4, 0.5) is 4.39 Å². The van der Waals surface area contributed by atoms with Crippen LogP contribution in [0, 0.1) is 5.82 Å². The molecule has 4 aromatic rings. The van der Waals surface area contributed by atoms with E-state index in [0.717, 1.165) is 34.5 Å². The fourth-order valence-electron chi connectivity index (χ4n) is 5.32. The van der Waals surface area contributed by atoms with Crippen molar-refractivity contribution < 1.29 is 18.8 Å². The van der Waals surface area contributed by atoms with Gasteiger partial charge in [0.1, 0.15) is 5.82 Å². The molecule has 0 radical (unpaired) electrons. The second-order valence-electron chi connectivity index (χ2n) is 9.35. The van der Waals surface area contributed by atoms with Crippen molar-refractivity contribution in [2.75, 3.05) is 6.54 Å². The summed E-state index contributed by atoms with van der Waals surface area (Å²) in [6, 6.07) is 15.1. The lowest BCUT2D eigenvalue weighted by Gasteiger charge is -2.24. The van der Waals surface area contributed by atoms with Gasteiger partial charge in [0.15, 0.2) is 0 Å². The van der Waals surface area contributed by atoms with E-state index in [1.54, 1.807) is 54.7 Å². The summed E-state index contributed by atoms with van der Waals surface area (Å²) in [5.41, 5.74) is 9.33. The van der Waals surface area contributed by atoms with Crippen LogP contribution in [0.25, 0.3) is 11.3 Å². The number of rotatable bonds is 6. The third-order valence-corrected chi connectivity index (χ3v) is 8.30. The molecule has 0 fully saturated rings. The lowest BCUT2D eigenvalue weighted by Crippen LogP contribution is -2.34. The first kappa shape index (κ1) is 23.3. The van der Waals surface area contributed by atoms with Crippen molar-refractivity contribution in [2.45, 2.75) is 31.7 Å². The molecule has 3 amide bonds. The van der Waals surface area contributed by atoms with Gasteiger partial charge in [-0.2, -0.15) is 5.10 Å². The highest BCUT2D eigenvalue weighted by atomic mass is 32.1. The van der Waals surface area contributed by atoms with E-state index in [4.69, 9.17) is 5.73 Å². The summed E-state index contributed by atoms with van der Waals surface area (Å²) in [6.07, 6.45) is 3.64. The molecule has 2 aromatic carbocycles. The molecule has 9 heteroatoms. The number of aromatic nitrogens is 2. The topological polar surface area (TPSA) is 98.3 Å². The molecule has 0 aliphatic carbocycles. The van der Waals surface area contributed by atoms with Crippen LogP contribution in [0.5, 0.6) is 0 Å². The first-order chi connectivity index (χ1) is 17.9. The fraction of sp³-hybridized carbons (Fsp3) is 0.214. The number of benzene rings is 2. The normalized spacial score (nSPS) is 15.2. The second kappa shape index (κ2) is 9.08. The Balaban J connectivity index is 1.45. The molecule has 7 nitrogen and oxygen atoms in total. The monoisotopic (exact) mass is 514 g/mol. The highest BCUT2D eigenvalue weighted by Crippen LogP contribution is 2.40. The van der Waals surface area contributed by atoms with Crippen LogP contribution in [0.2, 0.25) is 0 Å². The van der Waals surface area contributed by atoms with Crippen LogP contribution in [0.1, 0.15) is 58.7 Å². The van der Waals surface area contributed by atoms with Gasteiger partial charge in [-0.25, -0.2) is 4.39 Å². The van der Waals surface area contributed by atoms with Crippen molar-refractivity contribution >= 4 is 29.1 Å². The minimum absolute atomic E-state index is 0.0710. The highest BCUT2D eigenvalue weighted by molar-refractivity contribution is 7.14. The molecule has 186 valence electrons. The zero-order valence-electron chi connectivity index (χ0n) is 19.8. The van der Waals surface area contributed by atoms with Crippen LogP contribution in [0.3, 0.4) is 0 Å². The lowest BCUT2D eigenvalue weighted by molar-refractivity contribution is 0.0643. The van der Waals surface area contributed by atoms with E-state index in [2.05, 4.69) is 5.10 Å². The predicted octanol–water partition coefficient (Wildman–Crippen LogP) is 4.42. The van der Waals surface area contributed by atoms with E-state index in [1.165, 1.54) is 22.3 Å². The first-order valence-electron chi connectivity index (χ1n) is 12.1. The Morgan fingerprint density at radius 1 is 1.05 bits per heavy atom. The zero-order chi connectivity index (χ0) is 25.7. The zero-order valence-corrected chi connectivity index (χ0v) is 20.6. The van der Waals surface area contributed by atoms with Gasteiger partial charge in [-0.15, -0.1) is 11.3 Å². The number of nitrogens with zero attached hydrogens (tertiary/aromatic N) is 3. The largest absolute Gasteiger partial charge is 0.365 e. The Bertz CT molecular complexity index is 1540. The van der Waals surface area contributed by atoms with E-state index in [0.29, 0.717) is 28.1 Å². The molecule has 37 heavy (non-hydrogen) atoms. The lowest BCUT2D eigenvalue weighted by atomic mass is 9.89. The van der Waals surface area contributed by atoms with Crippen molar-refractivity contribution in [3.05, 3.63) is 98.6 Å². The molecule has 4 heterocycles. The highest BCUT2D eigenvalue weighted by Gasteiger charge is 2.38. The van der Waals surface area contributed by atoms with Crippen LogP contribution >= 0.6 is 11.3 Å². The van der Waals surface area contributed by atoms with E-state index in [-0.39, 0.29) is 30.6 Å². The standard InChI is InChI=1S/C28H23FN4O3S/c29-22-9-4-1-6-16(22)12-17(15-32-27(35)18-7-2-3-8-19(18)28(32)36)21-14-31-33-11-5-10-23-20(25(21)33)13-24(37-23)26(30)34/h1-4,6-9,13-14,17H,5,10-12,15H2,(H2,30,34)/t17-/m1/s1. The van der Waals surface area contributed by atoms with Crippen molar-refractivity contribution in [3.8, 4) is 11.3 Å². The number of fused-ring (bicyclic) bond motifs is 4. The van der Waals surface area contributed by atoms with Crippen molar-refractivity contribution in [3.63, 3.8) is 0 Å². The maximum atomic E-state index is 14.8. The smallest absolute Gasteiger partial charge is 0.261 e. The molecule has 0 bridgehead atoms. The maximum Gasteiger partial charge on any atom is 0.261 e. The van der Waals surface area contributed by atoms with Gasteiger partial charge in [-0.05, 0) is 49.1 Å². The van der Waals surface area contributed by atoms with Gasteiger partial charge in [0.2, 0.25) is 0 Å². The summed E-state index contributed by atoms with van der Waals surface area (Å²) in [5.74, 6) is -1.97. The third-order valence-electron chi connectivity index (χ3n) is 7.09. The number of aryl methyl sites for hydroxylation is 2. The Hall–Kier alpha value is -4.11. The van der Waals surface area contributed by atoms with Gasteiger partial charge in [0.25, 0.3) is 17.7 Å². The van der Waals surface area contributed by atoms with E-state index in [9.17, 15) is 18.8 Å². The Kier molecular flexibility index (Phi) is 5.72. The summed E-state index contributed by atoms with van der Waals surface area (Å²) in [5, 5.41) is 4.63. The van der Waals surface area contributed by atoms with Crippen molar-refractivity contribution in [1.82, 2.24) is 14.7 Å². The summed E-state index contributed by atoms with van der Waals surface area (Å²) in [4.78, 5) is 41.1. The number of nitrogens with two attached hydrogens (primary N) is 1. The SMILES string of the molecule is NC(=O)c1cc2c(s1)CCCn1ncc([C@H](Cc3ccccc3F)CN3C(=O)c4ccccc4C3=O)c1-2. The molecule has 2 aromatic heterocycles. The molecule has 2 aliphatic rings. The molecular formula is C28H23FN4O3S. The number of thiophene rings is 1. The van der Waals surface area contributed by atoms with Crippen LogP contribution < -0.4 is 5.73 Å². The van der Waals surface area contributed by atoms with Crippen LogP contribution in [-0.4, -0.2) is 38.9 Å². The molecule has 2 aliphatic heterocycles.